The third kappa shape index (κ3) is 4.59. The third-order valence-electron chi connectivity index (χ3n) is 3.88. The highest BCUT2D eigenvalue weighted by Crippen LogP contribution is 2.40. The molecule has 0 aliphatic heterocycles. The summed E-state index contributed by atoms with van der Waals surface area (Å²) in [4.78, 5) is 0. The Morgan fingerprint density at radius 1 is 1.29 bits per heavy atom. The van der Waals surface area contributed by atoms with Crippen LogP contribution >= 0.6 is 0 Å². The van der Waals surface area contributed by atoms with Gasteiger partial charge in [-0.3, -0.25) is 0 Å². The zero-order valence-electron chi connectivity index (χ0n) is 12.5. The van der Waals surface area contributed by atoms with Crippen LogP contribution < -0.4 is 5.73 Å². The first-order valence-electron chi connectivity index (χ1n) is 6.99. The molecule has 0 amide bonds. The largest absolute Gasteiger partial charge is 0.373 e. The molecule has 0 radical (unpaired) electrons. The smallest absolute Gasteiger partial charge is 0.0749 e. The maximum Gasteiger partial charge on any atom is 0.0749 e. The first kappa shape index (κ1) is 15.0. The fraction of sp³-hybridized carbons (Fsp3) is 1.00. The molecule has 1 saturated carbocycles. The minimum Gasteiger partial charge on any atom is -0.373 e. The molecule has 1 rings (SSSR count). The molecule has 3 atom stereocenters. The average molecular weight is 241 g/mol. The minimum atomic E-state index is 0.138. The quantitative estimate of drug-likeness (QED) is 0.819. The molecule has 17 heavy (non-hydrogen) atoms. The molecular formula is C15H31NO. The van der Waals surface area contributed by atoms with Crippen LogP contribution in [0.3, 0.4) is 0 Å². The van der Waals surface area contributed by atoms with Crippen LogP contribution in [0.2, 0.25) is 0 Å². The van der Waals surface area contributed by atoms with E-state index in [2.05, 4.69) is 41.5 Å². The summed E-state index contributed by atoms with van der Waals surface area (Å²) in [6.07, 6.45) is 4.24. The molecule has 0 saturated heterocycles. The monoisotopic (exact) mass is 241 g/mol. The lowest BCUT2D eigenvalue weighted by Gasteiger charge is -2.42. The molecule has 1 aliphatic carbocycles. The van der Waals surface area contributed by atoms with Crippen LogP contribution in [-0.2, 0) is 4.74 Å². The topological polar surface area (TPSA) is 35.2 Å². The molecule has 0 heterocycles. The van der Waals surface area contributed by atoms with Gasteiger partial charge in [0.2, 0.25) is 0 Å². The summed E-state index contributed by atoms with van der Waals surface area (Å²) >= 11 is 0. The van der Waals surface area contributed by atoms with E-state index < -0.39 is 0 Å². The van der Waals surface area contributed by atoms with Crippen LogP contribution in [0.1, 0.15) is 60.8 Å². The number of ether oxygens (including phenoxy) is 1. The Morgan fingerprint density at radius 2 is 1.88 bits per heavy atom. The molecular weight excluding hydrogens is 210 g/mol. The van der Waals surface area contributed by atoms with E-state index in [9.17, 15) is 0 Å². The lowest BCUT2D eigenvalue weighted by atomic mass is 9.71. The highest BCUT2D eigenvalue weighted by molar-refractivity contribution is 4.85. The first-order valence-corrected chi connectivity index (χ1v) is 6.99. The van der Waals surface area contributed by atoms with Gasteiger partial charge in [0.05, 0.1) is 12.2 Å². The highest BCUT2D eigenvalue weighted by Gasteiger charge is 2.35. The summed E-state index contributed by atoms with van der Waals surface area (Å²) in [5, 5.41) is 0. The Balaban J connectivity index is 2.61. The highest BCUT2D eigenvalue weighted by atomic mass is 16.5. The maximum absolute atomic E-state index is 6.29. The second kappa shape index (κ2) is 5.27. The van der Waals surface area contributed by atoms with Crippen LogP contribution in [-0.4, -0.2) is 18.8 Å². The fourth-order valence-electron chi connectivity index (χ4n) is 3.21. The summed E-state index contributed by atoms with van der Waals surface area (Å²) in [7, 11) is 0. The second-order valence-electron chi connectivity index (χ2n) is 7.76. The minimum absolute atomic E-state index is 0.138. The Morgan fingerprint density at radius 3 is 2.29 bits per heavy atom. The Hall–Kier alpha value is -0.0800. The Bertz CT molecular complexity index is 242. The summed E-state index contributed by atoms with van der Waals surface area (Å²) in [5.74, 6) is 0.766. The fourth-order valence-corrected chi connectivity index (χ4v) is 3.21. The molecule has 102 valence electrons. The van der Waals surface area contributed by atoms with E-state index in [4.69, 9.17) is 10.5 Å². The van der Waals surface area contributed by atoms with Crippen molar-refractivity contribution in [2.45, 2.75) is 73.0 Å². The van der Waals surface area contributed by atoms with E-state index >= 15 is 0 Å². The number of hydrogen-bond acceptors (Lipinski definition) is 2. The lowest BCUT2D eigenvalue weighted by molar-refractivity contribution is -0.0982. The van der Waals surface area contributed by atoms with E-state index in [0.717, 1.165) is 5.92 Å². The van der Waals surface area contributed by atoms with Crippen molar-refractivity contribution in [1.29, 1.82) is 0 Å². The van der Waals surface area contributed by atoms with E-state index in [-0.39, 0.29) is 11.5 Å². The third-order valence-corrected chi connectivity index (χ3v) is 3.88. The Kier molecular flexibility index (Phi) is 4.65. The van der Waals surface area contributed by atoms with Gasteiger partial charge in [0.1, 0.15) is 0 Å². The zero-order valence-corrected chi connectivity index (χ0v) is 12.5. The Labute approximate surface area is 107 Å². The number of nitrogens with two attached hydrogens (primary N) is 1. The van der Waals surface area contributed by atoms with E-state index in [0.29, 0.717) is 18.1 Å². The van der Waals surface area contributed by atoms with Crippen molar-refractivity contribution in [3.63, 3.8) is 0 Å². The van der Waals surface area contributed by atoms with Crippen molar-refractivity contribution in [3.8, 4) is 0 Å². The predicted octanol–water partition coefficient (Wildman–Crippen LogP) is 3.59. The van der Waals surface area contributed by atoms with Crippen molar-refractivity contribution in [2.75, 3.05) is 6.54 Å². The standard InChI is InChI=1S/C15H31NO/c1-11-7-12(9-15(5,6)8-11)17-13(10-16)14(2,3)4/h11-13H,7-10,16H2,1-6H3. The normalized spacial score (nSPS) is 31.2. The summed E-state index contributed by atoms with van der Waals surface area (Å²) in [5.41, 5.74) is 6.41. The number of hydrogen-bond donors (Lipinski definition) is 1. The van der Waals surface area contributed by atoms with Gasteiger partial charge in [-0.05, 0) is 36.0 Å². The zero-order chi connectivity index (χ0) is 13.3. The van der Waals surface area contributed by atoms with E-state index in [1.165, 1.54) is 19.3 Å². The summed E-state index contributed by atoms with van der Waals surface area (Å²) < 4.78 is 6.29. The van der Waals surface area contributed by atoms with Crippen molar-refractivity contribution in [1.82, 2.24) is 0 Å². The molecule has 2 heteroatoms. The van der Waals surface area contributed by atoms with Crippen LogP contribution in [0.4, 0.5) is 0 Å². The lowest BCUT2D eigenvalue weighted by Crippen LogP contribution is -2.42. The molecule has 2 N–H and O–H groups in total. The van der Waals surface area contributed by atoms with Gasteiger partial charge in [-0.2, -0.15) is 0 Å². The molecule has 2 nitrogen and oxygen atoms in total. The predicted molar refractivity (Wildman–Crippen MR) is 74.0 cm³/mol. The van der Waals surface area contributed by atoms with Crippen molar-refractivity contribution >= 4 is 0 Å². The molecule has 0 aromatic heterocycles. The van der Waals surface area contributed by atoms with Gasteiger partial charge in [0.15, 0.2) is 0 Å². The summed E-state index contributed by atoms with van der Waals surface area (Å²) in [6.45, 7) is 14.3. The van der Waals surface area contributed by atoms with Crippen molar-refractivity contribution in [2.24, 2.45) is 22.5 Å². The molecule has 1 aliphatic rings. The van der Waals surface area contributed by atoms with Gasteiger partial charge in [-0.25, -0.2) is 0 Å². The molecule has 1 fully saturated rings. The van der Waals surface area contributed by atoms with Gasteiger partial charge in [0.25, 0.3) is 0 Å². The van der Waals surface area contributed by atoms with Gasteiger partial charge < -0.3 is 10.5 Å². The molecule has 0 bridgehead atoms. The van der Waals surface area contributed by atoms with Crippen molar-refractivity contribution in [3.05, 3.63) is 0 Å². The van der Waals surface area contributed by atoms with Gasteiger partial charge in [-0.15, -0.1) is 0 Å². The van der Waals surface area contributed by atoms with Crippen LogP contribution in [0, 0.1) is 16.7 Å². The molecule has 0 aromatic rings. The van der Waals surface area contributed by atoms with Gasteiger partial charge in [0, 0.05) is 6.54 Å². The van der Waals surface area contributed by atoms with E-state index in [1.807, 2.05) is 0 Å². The van der Waals surface area contributed by atoms with Crippen LogP contribution in [0.5, 0.6) is 0 Å². The SMILES string of the molecule is CC1CC(OC(CN)C(C)(C)C)CC(C)(C)C1. The maximum atomic E-state index is 6.29. The second-order valence-corrected chi connectivity index (χ2v) is 7.76. The molecule has 0 aromatic carbocycles. The van der Waals surface area contributed by atoms with Crippen LogP contribution in [0.25, 0.3) is 0 Å². The molecule has 3 unspecified atom stereocenters. The number of rotatable bonds is 3. The van der Waals surface area contributed by atoms with Crippen LogP contribution in [0.15, 0.2) is 0 Å². The van der Waals surface area contributed by atoms with Gasteiger partial charge in [-0.1, -0.05) is 41.5 Å². The average Bonchev–Trinajstić information content (AvgIpc) is 2.08. The first-order chi connectivity index (χ1) is 7.64. The van der Waals surface area contributed by atoms with E-state index in [1.54, 1.807) is 0 Å². The molecule has 0 spiro atoms. The summed E-state index contributed by atoms with van der Waals surface area (Å²) in [6, 6.07) is 0. The van der Waals surface area contributed by atoms with Crippen molar-refractivity contribution < 1.29 is 4.74 Å². The van der Waals surface area contributed by atoms with Gasteiger partial charge >= 0.3 is 0 Å².